The van der Waals surface area contributed by atoms with Gasteiger partial charge in [0.1, 0.15) is 5.75 Å². The predicted molar refractivity (Wildman–Crippen MR) is 87.3 cm³/mol. The largest absolute Gasteiger partial charge is 0.493 e. The number of rotatable bonds is 4. The van der Waals surface area contributed by atoms with E-state index in [-0.39, 0.29) is 17.7 Å². The molecule has 23 heavy (non-hydrogen) atoms. The zero-order chi connectivity index (χ0) is 16.2. The monoisotopic (exact) mass is 316 g/mol. The predicted octanol–water partition coefficient (Wildman–Crippen LogP) is 1.54. The average Bonchev–Trinajstić information content (AvgIpc) is 3.02. The fourth-order valence-corrected chi connectivity index (χ4v) is 3.33. The lowest BCUT2D eigenvalue weighted by Crippen LogP contribution is -2.42. The van der Waals surface area contributed by atoms with Gasteiger partial charge in [-0.15, -0.1) is 0 Å². The molecule has 0 aromatic heterocycles. The summed E-state index contributed by atoms with van der Waals surface area (Å²) in [5, 5.41) is 3.04. The Morgan fingerprint density at radius 2 is 2.09 bits per heavy atom. The lowest BCUT2D eigenvalue weighted by atomic mass is 9.96. The molecule has 0 bridgehead atoms. The number of hydrogen-bond donors (Lipinski definition) is 1. The van der Waals surface area contributed by atoms with Gasteiger partial charge >= 0.3 is 0 Å². The normalized spacial score (nSPS) is 17.5. The maximum absolute atomic E-state index is 12.2. The van der Waals surface area contributed by atoms with Gasteiger partial charge in [-0.3, -0.25) is 9.59 Å². The maximum atomic E-state index is 12.2. The topological polar surface area (TPSA) is 58.6 Å². The number of likely N-dealkylation sites (tertiary alicyclic amines) is 1. The number of amides is 2. The molecule has 2 amide bonds. The van der Waals surface area contributed by atoms with Crippen LogP contribution >= 0.6 is 0 Å². The van der Waals surface area contributed by atoms with Gasteiger partial charge in [0, 0.05) is 38.9 Å². The molecule has 1 saturated heterocycles. The van der Waals surface area contributed by atoms with Gasteiger partial charge in [-0.25, -0.2) is 0 Å². The molecule has 3 rings (SSSR count). The number of carbonyl (C=O) groups excluding carboxylic acids is 2. The summed E-state index contributed by atoms with van der Waals surface area (Å²) in [6, 6.07) is 6.28. The van der Waals surface area contributed by atoms with Crippen molar-refractivity contribution in [1.82, 2.24) is 10.2 Å². The summed E-state index contributed by atoms with van der Waals surface area (Å²) in [5.74, 6) is 1.26. The van der Waals surface area contributed by atoms with Gasteiger partial charge in [-0.05, 0) is 36.5 Å². The lowest BCUT2D eigenvalue weighted by Gasteiger charge is -2.30. The molecule has 0 atom stereocenters. The number of piperidine rings is 1. The molecule has 0 unspecified atom stereocenters. The number of fused-ring (bicyclic) bond motifs is 1. The lowest BCUT2D eigenvalue weighted by molar-refractivity contribution is -0.133. The Morgan fingerprint density at radius 1 is 1.30 bits per heavy atom. The number of ether oxygens (including phenoxy) is 1. The van der Waals surface area contributed by atoms with E-state index < -0.39 is 0 Å². The first-order valence-corrected chi connectivity index (χ1v) is 8.41. The minimum absolute atomic E-state index is 0.0408. The molecule has 0 saturated carbocycles. The van der Waals surface area contributed by atoms with Crippen LogP contribution in [0.15, 0.2) is 18.2 Å². The molecule has 1 aromatic carbocycles. The van der Waals surface area contributed by atoms with Crippen molar-refractivity contribution in [3.63, 3.8) is 0 Å². The smallest absolute Gasteiger partial charge is 0.223 e. The average molecular weight is 316 g/mol. The molecule has 1 N–H and O–H groups in total. The first-order chi connectivity index (χ1) is 11.1. The van der Waals surface area contributed by atoms with E-state index in [0.717, 1.165) is 38.0 Å². The van der Waals surface area contributed by atoms with Gasteiger partial charge in [0.05, 0.1) is 6.61 Å². The third kappa shape index (κ3) is 3.84. The minimum atomic E-state index is 0.0408. The number of hydrogen-bond acceptors (Lipinski definition) is 3. The molecular weight excluding hydrogens is 292 g/mol. The van der Waals surface area contributed by atoms with E-state index in [4.69, 9.17) is 4.74 Å². The summed E-state index contributed by atoms with van der Waals surface area (Å²) < 4.78 is 5.50. The molecule has 124 valence electrons. The van der Waals surface area contributed by atoms with Crippen LogP contribution in [-0.2, 0) is 22.4 Å². The number of carbonyl (C=O) groups is 2. The van der Waals surface area contributed by atoms with Crippen molar-refractivity contribution < 1.29 is 14.3 Å². The van der Waals surface area contributed by atoms with Crippen molar-refractivity contribution in [2.24, 2.45) is 5.92 Å². The summed E-state index contributed by atoms with van der Waals surface area (Å²) >= 11 is 0. The van der Waals surface area contributed by atoms with Gasteiger partial charge in [0.2, 0.25) is 11.8 Å². The Bertz CT molecular complexity index is 592. The third-order valence-corrected chi connectivity index (χ3v) is 4.78. The Balaban J connectivity index is 1.42. The molecule has 2 aliphatic heterocycles. The van der Waals surface area contributed by atoms with E-state index in [1.165, 1.54) is 11.1 Å². The summed E-state index contributed by atoms with van der Waals surface area (Å²) in [4.78, 5) is 25.3. The Kier molecular flexibility index (Phi) is 4.84. The van der Waals surface area contributed by atoms with Crippen LogP contribution in [-0.4, -0.2) is 43.0 Å². The van der Waals surface area contributed by atoms with E-state index in [2.05, 4.69) is 17.4 Å². The van der Waals surface area contributed by atoms with Crippen molar-refractivity contribution in [3.05, 3.63) is 29.3 Å². The van der Waals surface area contributed by atoms with Crippen LogP contribution in [0.5, 0.6) is 5.75 Å². The molecule has 5 heteroatoms. The molecule has 0 aliphatic carbocycles. The van der Waals surface area contributed by atoms with E-state index in [1.54, 1.807) is 6.92 Å². The van der Waals surface area contributed by atoms with Crippen molar-refractivity contribution >= 4 is 11.8 Å². The highest BCUT2D eigenvalue weighted by molar-refractivity contribution is 5.79. The second-order valence-corrected chi connectivity index (χ2v) is 6.36. The first-order valence-electron chi connectivity index (χ1n) is 8.41. The van der Waals surface area contributed by atoms with Crippen LogP contribution in [0.2, 0.25) is 0 Å². The SMILES string of the molecule is CC(=O)N1CCC(C(=O)NCCc2ccc3c(c2)CCO3)CC1. The number of nitrogens with one attached hydrogen (secondary N) is 1. The van der Waals surface area contributed by atoms with Gasteiger partial charge in [-0.1, -0.05) is 12.1 Å². The van der Waals surface area contributed by atoms with Crippen molar-refractivity contribution in [2.75, 3.05) is 26.2 Å². The van der Waals surface area contributed by atoms with Crippen molar-refractivity contribution in [3.8, 4) is 5.75 Å². The van der Waals surface area contributed by atoms with Crippen LogP contribution in [0.25, 0.3) is 0 Å². The molecule has 0 spiro atoms. The van der Waals surface area contributed by atoms with Gasteiger partial charge < -0.3 is 15.0 Å². The molecule has 5 nitrogen and oxygen atoms in total. The quantitative estimate of drug-likeness (QED) is 0.916. The fourth-order valence-electron chi connectivity index (χ4n) is 3.33. The van der Waals surface area contributed by atoms with Crippen LogP contribution in [0.1, 0.15) is 30.9 Å². The van der Waals surface area contributed by atoms with Crippen LogP contribution in [0.3, 0.4) is 0 Å². The van der Waals surface area contributed by atoms with Crippen LogP contribution in [0, 0.1) is 5.92 Å². The second kappa shape index (κ2) is 7.02. The van der Waals surface area contributed by atoms with Gasteiger partial charge in [-0.2, -0.15) is 0 Å². The van der Waals surface area contributed by atoms with E-state index in [9.17, 15) is 9.59 Å². The van der Waals surface area contributed by atoms with E-state index in [1.807, 2.05) is 11.0 Å². The van der Waals surface area contributed by atoms with E-state index >= 15 is 0 Å². The molecule has 2 aliphatic rings. The molecular formula is C18H24N2O3. The first kappa shape index (κ1) is 15.8. The van der Waals surface area contributed by atoms with Crippen LogP contribution in [0.4, 0.5) is 0 Å². The zero-order valence-corrected chi connectivity index (χ0v) is 13.6. The summed E-state index contributed by atoms with van der Waals surface area (Å²) in [6.07, 6.45) is 3.35. The Morgan fingerprint density at radius 3 is 2.83 bits per heavy atom. The van der Waals surface area contributed by atoms with Gasteiger partial charge in [0.15, 0.2) is 0 Å². The second-order valence-electron chi connectivity index (χ2n) is 6.36. The highest BCUT2D eigenvalue weighted by atomic mass is 16.5. The Labute approximate surface area is 137 Å². The number of benzene rings is 1. The van der Waals surface area contributed by atoms with Crippen LogP contribution < -0.4 is 10.1 Å². The van der Waals surface area contributed by atoms with Crippen molar-refractivity contribution in [1.29, 1.82) is 0 Å². The number of nitrogens with zero attached hydrogens (tertiary/aromatic N) is 1. The molecule has 1 aromatic rings. The highest BCUT2D eigenvalue weighted by Gasteiger charge is 2.25. The molecule has 0 radical (unpaired) electrons. The van der Waals surface area contributed by atoms with E-state index in [0.29, 0.717) is 19.6 Å². The summed E-state index contributed by atoms with van der Waals surface area (Å²) in [7, 11) is 0. The molecule has 1 fully saturated rings. The maximum Gasteiger partial charge on any atom is 0.223 e. The summed E-state index contributed by atoms with van der Waals surface area (Å²) in [6.45, 7) is 4.40. The minimum Gasteiger partial charge on any atom is -0.493 e. The summed E-state index contributed by atoms with van der Waals surface area (Å²) in [5.41, 5.74) is 2.51. The standard InChI is InChI=1S/C18H24N2O3/c1-13(21)20-9-5-15(6-10-20)18(22)19-8-4-14-2-3-17-16(12-14)7-11-23-17/h2-3,12,15H,4-11H2,1H3,(H,19,22). The zero-order valence-electron chi connectivity index (χ0n) is 13.6. The van der Waals surface area contributed by atoms with Gasteiger partial charge in [0.25, 0.3) is 0 Å². The fraction of sp³-hybridized carbons (Fsp3) is 0.556. The van der Waals surface area contributed by atoms with Crippen molar-refractivity contribution in [2.45, 2.75) is 32.6 Å². The molecule has 2 heterocycles. The Hall–Kier alpha value is -2.04. The third-order valence-electron chi connectivity index (χ3n) is 4.78. The highest BCUT2D eigenvalue weighted by Crippen LogP contribution is 2.26.